The second-order valence-corrected chi connectivity index (χ2v) is 5.28. The topological polar surface area (TPSA) is 78.1 Å². The van der Waals surface area contributed by atoms with E-state index in [9.17, 15) is 0 Å². The van der Waals surface area contributed by atoms with Gasteiger partial charge in [0.15, 0.2) is 5.76 Å². The molecule has 2 N–H and O–H groups in total. The van der Waals surface area contributed by atoms with Crippen molar-refractivity contribution in [1.82, 2.24) is 10.1 Å². The molecular weight excluding hydrogens is 346 g/mol. The highest BCUT2D eigenvalue weighted by Gasteiger charge is 2.14. The molecular formula is C13H9BrClN3O2. The Kier molecular flexibility index (Phi) is 3.60. The molecule has 0 saturated carbocycles. The standard InChI is InChI=1S/C13H9BrClN3O2/c14-9-5-7(1-3-10(9)15)12-17-13(20-18-12)11-4-2-8(6-16)19-11/h1-5H,6,16H2. The van der Waals surface area contributed by atoms with E-state index in [0.717, 1.165) is 10.0 Å². The lowest BCUT2D eigenvalue weighted by molar-refractivity contribution is 0.412. The lowest BCUT2D eigenvalue weighted by atomic mass is 10.2. The Morgan fingerprint density at radius 1 is 1.25 bits per heavy atom. The fourth-order valence-electron chi connectivity index (χ4n) is 1.68. The molecule has 0 amide bonds. The van der Waals surface area contributed by atoms with Gasteiger partial charge in [0.25, 0.3) is 5.89 Å². The van der Waals surface area contributed by atoms with Crippen LogP contribution in [0.4, 0.5) is 0 Å². The summed E-state index contributed by atoms with van der Waals surface area (Å²) in [4.78, 5) is 4.29. The molecule has 0 saturated heterocycles. The number of aromatic nitrogens is 2. The van der Waals surface area contributed by atoms with Crippen molar-refractivity contribution in [1.29, 1.82) is 0 Å². The van der Waals surface area contributed by atoms with Gasteiger partial charge >= 0.3 is 0 Å². The monoisotopic (exact) mass is 353 g/mol. The molecule has 20 heavy (non-hydrogen) atoms. The van der Waals surface area contributed by atoms with Crippen LogP contribution >= 0.6 is 27.5 Å². The molecule has 2 heterocycles. The maximum Gasteiger partial charge on any atom is 0.293 e. The van der Waals surface area contributed by atoms with Gasteiger partial charge in [0.05, 0.1) is 11.6 Å². The molecule has 1 aromatic carbocycles. The van der Waals surface area contributed by atoms with Crippen LogP contribution in [-0.2, 0) is 6.54 Å². The predicted molar refractivity (Wildman–Crippen MR) is 78.0 cm³/mol. The number of nitrogens with zero attached hydrogens (tertiary/aromatic N) is 2. The lowest BCUT2D eigenvalue weighted by Gasteiger charge is -1.97. The van der Waals surface area contributed by atoms with Crippen molar-refractivity contribution < 1.29 is 8.94 Å². The number of rotatable bonds is 3. The molecule has 0 aliphatic heterocycles. The quantitative estimate of drug-likeness (QED) is 0.772. The summed E-state index contributed by atoms with van der Waals surface area (Å²) < 4.78 is 11.4. The van der Waals surface area contributed by atoms with Crippen LogP contribution in [0.25, 0.3) is 23.0 Å². The van der Waals surface area contributed by atoms with Gasteiger partial charge in [0.1, 0.15) is 5.76 Å². The van der Waals surface area contributed by atoms with Gasteiger partial charge < -0.3 is 14.7 Å². The average Bonchev–Trinajstić information content (AvgIpc) is 3.09. The molecule has 0 fully saturated rings. The Morgan fingerprint density at radius 3 is 2.80 bits per heavy atom. The first-order chi connectivity index (χ1) is 9.67. The largest absolute Gasteiger partial charge is 0.455 e. The van der Waals surface area contributed by atoms with Crippen LogP contribution < -0.4 is 5.73 Å². The Hall–Kier alpha value is -1.63. The summed E-state index contributed by atoms with van der Waals surface area (Å²) in [6.07, 6.45) is 0. The Bertz CT molecular complexity index is 754. The minimum absolute atomic E-state index is 0.311. The van der Waals surface area contributed by atoms with Crippen molar-refractivity contribution in [3.05, 3.63) is 45.6 Å². The van der Waals surface area contributed by atoms with Gasteiger partial charge in [-0.1, -0.05) is 16.8 Å². The zero-order valence-electron chi connectivity index (χ0n) is 10.1. The van der Waals surface area contributed by atoms with E-state index in [1.165, 1.54) is 0 Å². The van der Waals surface area contributed by atoms with Crippen molar-refractivity contribution >= 4 is 27.5 Å². The van der Waals surface area contributed by atoms with Crippen molar-refractivity contribution in [2.45, 2.75) is 6.54 Å². The molecule has 0 unspecified atom stereocenters. The van der Waals surface area contributed by atoms with Gasteiger partial charge in [-0.2, -0.15) is 4.98 Å². The molecule has 2 aromatic heterocycles. The molecule has 0 radical (unpaired) electrons. The van der Waals surface area contributed by atoms with Crippen LogP contribution in [0.15, 0.2) is 43.7 Å². The zero-order chi connectivity index (χ0) is 14.1. The zero-order valence-corrected chi connectivity index (χ0v) is 12.5. The Balaban J connectivity index is 1.95. The fraction of sp³-hybridized carbons (Fsp3) is 0.0769. The summed E-state index contributed by atoms with van der Waals surface area (Å²) in [6, 6.07) is 8.92. The highest BCUT2D eigenvalue weighted by molar-refractivity contribution is 9.10. The van der Waals surface area contributed by atoms with E-state index in [2.05, 4.69) is 26.1 Å². The maximum absolute atomic E-state index is 5.95. The summed E-state index contributed by atoms with van der Waals surface area (Å²) in [5.74, 6) is 1.93. The minimum Gasteiger partial charge on any atom is -0.455 e. The summed E-state index contributed by atoms with van der Waals surface area (Å²) in [5, 5.41) is 4.55. The molecule has 3 rings (SSSR count). The number of hydrogen-bond acceptors (Lipinski definition) is 5. The van der Waals surface area contributed by atoms with Crippen LogP contribution in [0, 0.1) is 0 Å². The first kappa shape index (κ1) is 13.4. The summed E-state index contributed by atoms with van der Waals surface area (Å²) in [6.45, 7) is 0.325. The van der Waals surface area contributed by atoms with Gasteiger partial charge in [0.2, 0.25) is 5.82 Å². The van der Waals surface area contributed by atoms with Crippen molar-refractivity contribution in [2.24, 2.45) is 5.73 Å². The number of nitrogens with two attached hydrogens (primary N) is 1. The first-order valence-electron chi connectivity index (χ1n) is 5.75. The van der Waals surface area contributed by atoms with Gasteiger partial charge in [0, 0.05) is 10.0 Å². The van der Waals surface area contributed by atoms with Gasteiger partial charge in [-0.3, -0.25) is 0 Å². The summed E-state index contributed by atoms with van der Waals surface area (Å²) in [5.41, 5.74) is 6.28. The highest BCUT2D eigenvalue weighted by atomic mass is 79.9. The molecule has 0 atom stereocenters. The second-order valence-electron chi connectivity index (χ2n) is 4.02. The summed E-state index contributed by atoms with van der Waals surface area (Å²) in [7, 11) is 0. The van der Waals surface area contributed by atoms with E-state index < -0.39 is 0 Å². The van der Waals surface area contributed by atoms with E-state index in [-0.39, 0.29) is 0 Å². The minimum atomic E-state index is 0.311. The molecule has 7 heteroatoms. The third-order valence-corrected chi connectivity index (χ3v) is 3.89. The van der Waals surface area contributed by atoms with Crippen LogP contribution in [-0.4, -0.2) is 10.1 Å². The first-order valence-corrected chi connectivity index (χ1v) is 6.93. The Labute approximate surface area is 127 Å². The molecule has 0 aliphatic rings. The van der Waals surface area contributed by atoms with Crippen molar-refractivity contribution in [3.63, 3.8) is 0 Å². The normalized spacial score (nSPS) is 10.9. The maximum atomic E-state index is 5.95. The van der Waals surface area contributed by atoms with E-state index >= 15 is 0 Å². The van der Waals surface area contributed by atoms with Crippen LogP contribution in [0.1, 0.15) is 5.76 Å². The highest BCUT2D eigenvalue weighted by Crippen LogP contribution is 2.29. The molecule has 0 aliphatic carbocycles. The number of benzene rings is 1. The SMILES string of the molecule is NCc1ccc(-c2nc(-c3ccc(Cl)c(Br)c3)no2)o1. The lowest BCUT2D eigenvalue weighted by Crippen LogP contribution is -1.92. The van der Waals surface area contributed by atoms with Gasteiger partial charge in [-0.25, -0.2) is 0 Å². The van der Waals surface area contributed by atoms with Crippen molar-refractivity contribution in [3.8, 4) is 23.0 Å². The van der Waals surface area contributed by atoms with E-state index in [1.54, 1.807) is 18.2 Å². The smallest absolute Gasteiger partial charge is 0.293 e. The third-order valence-electron chi connectivity index (χ3n) is 2.68. The number of hydrogen-bond donors (Lipinski definition) is 1. The number of furan rings is 1. The predicted octanol–water partition coefficient (Wildman–Crippen LogP) is 3.87. The molecule has 0 bridgehead atoms. The van der Waals surface area contributed by atoms with E-state index in [1.807, 2.05) is 12.1 Å². The van der Waals surface area contributed by atoms with Crippen molar-refractivity contribution in [2.75, 3.05) is 0 Å². The molecule has 3 aromatic rings. The molecule has 102 valence electrons. The van der Waals surface area contributed by atoms with Crippen LogP contribution in [0.5, 0.6) is 0 Å². The van der Waals surface area contributed by atoms with E-state index in [0.29, 0.717) is 34.8 Å². The van der Waals surface area contributed by atoms with Crippen LogP contribution in [0.2, 0.25) is 5.02 Å². The fourth-order valence-corrected chi connectivity index (χ4v) is 2.17. The molecule has 0 spiro atoms. The molecule has 5 nitrogen and oxygen atoms in total. The van der Waals surface area contributed by atoms with E-state index in [4.69, 9.17) is 26.3 Å². The van der Waals surface area contributed by atoms with Crippen LogP contribution in [0.3, 0.4) is 0 Å². The van der Waals surface area contributed by atoms with Gasteiger partial charge in [-0.05, 0) is 46.3 Å². The second kappa shape index (κ2) is 5.40. The third kappa shape index (κ3) is 2.49. The summed E-state index contributed by atoms with van der Waals surface area (Å²) >= 11 is 9.31. The average molecular weight is 355 g/mol. The Morgan fingerprint density at radius 2 is 2.10 bits per heavy atom. The van der Waals surface area contributed by atoms with Gasteiger partial charge in [-0.15, -0.1) is 0 Å². The number of halogens is 2.